The van der Waals surface area contributed by atoms with Crippen molar-refractivity contribution < 1.29 is 0 Å². The molecule has 2 aromatic heterocycles. The second-order valence-electron chi connectivity index (χ2n) is 5.59. The van der Waals surface area contributed by atoms with Crippen molar-refractivity contribution >= 4 is 21.5 Å². The lowest BCUT2D eigenvalue weighted by molar-refractivity contribution is 0.979. The van der Waals surface area contributed by atoms with Gasteiger partial charge in [-0.2, -0.15) is 5.10 Å². The smallest absolute Gasteiger partial charge is 0.256 e. The van der Waals surface area contributed by atoms with E-state index in [2.05, 4.69) is 39.4 Å². The lowest BCUT2D eigenvalue weighted by Crippen LogP contribution is -2.07. The highest BCUT2D eigenvalue weighted by Crippen LogP contribution is 2.30. The Hall–Kier alpha value is -2.92. The van der Waals surface area contributed by atoms with Crippen molar-refractivity contribution in [2.24, 2.45) is 5.73 Å². The van der Waals surface area contributed by atoms with E-state index in [-0.39, 0.29) is 5.56 Å². The highest BCUT2D eigenvalue weighted by molar-refractivity contribution is 6.09. The van der Waals surface area contributed by atoms with Crippen LogP contribution < -0.4 is 11.3 Å². The average molecular weight is 304 g/mol. The van der Waals surface area contributed by atoms with Crippen molar-refractivity contribution in [3.05, 3.63) is 64.8 Å². The first-order valence-corrected chi connectivity index (χ1v) is 7.54. The van der Waals surface area contributed by atoms with Gasteiger partial charge in [0, 0.05) is 18.0 Å². The van der Waals surface area contributed by atoms with Crippen LogP contribution in [0.2, 0.25) is 0 Å². The SMILES string of the molecule is NCCc1cc2cc[nH]c(=O)c2c2cc(-c3cn[nH]c3)ccc12. The molecule has 0 radical (unpaired) electrons. The minimum Gasteiger partial charge on any atom is -0.330 e. The molecule has 114 valence electrons. The summed E-state index contributed by atoms with van der Waals surface area (Å²) in [6.07, 6.45) is 6.08. The Bertz CT molecular complexity index is 1050. The van der Waals surface area contributed by atoms with Gasteiger partial charge in [-0.3, -0.25) is 9.89 Å². The van der Waals surface area contributed by atoms with Crippen molar-refractivity contribution in [2.45, 2.75) is 6.42 Å². The summed E-state index contributed by atoms with van der Waals surface area (Å²) in [5, 5.41) is 10.5. The molecule has 0 saturated heterocycles. The molecule has 0 aliphatic heterocycles. The number of nitrogens with one attached hydrogen (secondary N) is 2. The molecule has 5 heteroatoms. The third-order valence-electron chi connectivity index (χ3n) is 4.20. The predicted molar refractivity (Wildman–Crippen MR) is 92.4 cm³/mol. The van der Waals surface area contributed by atoms with E-state index in [1.807, 2.05) is 12.3 Å². The molecule has 0 spiro atoms. The van der Waals surface area contributed by atoms with Gasteiger partial charge >= 0.3 is 0 Å². The summed E-state index contributed by atoms with van der Waals surface area (Å²) in [6.45, 7) is 0.577. The number of pyridine rings is 1. The summed E-state index contributed by atoms with van der Waals surface area (Å²) in [6, 6.07) is 10.2. The van der Waals surface area contributed by atoms with Gasteiger partial charge in [0.25, 0.3) is 5.56 Å². The predicted octanol–water partition coefficient (Wildman–Crippen LogP) is 2.57. The number of hydrogen-bond donors (Lipinski definition) is 3. The second kappa shape index (κ2) is 5.37. The molecular formula is C18H16N4O. The lowest BCUT2D eigenvalue weighted by atomic mass is 9.94. The Balaban J connectivity index is 2.13. The molecule has 0 unspecified atom stereocenters. The van der Waals surface area contributed by atoms with Crippen LogP contribution in [-0.2, 0) is 6.42 Å². The molecule has 0 aliphatic rings. The standard InChI is InChI=1S/C18H16N4O/c19-5-3-12-7-13-4-6-20-18(23)17(13)16-8-11(1-2-15(12)16)14-9-21-22-10-14/h1-2,4,6-10H,3,5,19H2,(H,20,23)(H,21,22). The van der Waals surface area contributed by atoms with Crippen molar-refractivity contribution in [1.29, 1.82) is 0 Å². The summed E-state index contributed by atoms with van der Waals surface area (Å²) in [5.74, 6) is 0. The van der Waals surface area contributed by atoms with Gasteiger partial charge in [-0.25, -0.2) is 0 Å². The van der Waals surface area contributed by atoms with Gasteiger partial charge < -0.3 is 10.7 Å². The molecule has 2 aromatic carbocycles. The van der Waals surface area contributed by atoms with Crippen LogP contribution in [0.4, 0.5) is 0 Å². The minimum atomic E-state index is -0.0730. The second-order valence-corrected chi connectivity index (χ2v) is 5.59. The van der Waals surface area contributed by atoms with Crippen molar-refractivity contribution in [2.75, 3.05) is 6.54 Å². The van der Waals surface area contributed by atoms with E-state index in [4.69, 9.17) is 5.73 Å². The molecule has 4 rings (SSSR count). The fourth-order valence-electron chi connectivity index (χ4n) is 3.14. The van der Waals surface area contributed by atoms with Gasteiger partial charge in [0.1, 0.15) is 0 Å². The first-order chi connectivity index (χ1) is 11.3. The molecule has 0 atom stereocenters. The fourth-order valence-corrected chi connectivity index (χ4v) is 3.14. The number of nitrogens with zero attached hydrogens (tertiary/aromatic N) is 1. The number of nitrogens with two attached hydrogens (primary N) is 1. The number of hydrogen-bond acceptors (Lipinski definition) is 3. The van der Waals surface area contributed by atoms with Crippen LogP contribution in [0, 0.1) is 0 Å². The monoisotopic (exact) mass is 304 g/mol. The molecule has 0 bridgehead atoms. The molecule has 2 heterocycles. The number of benzene rings is 2. The van der Waals surface area contributed by atoms with E-state index in [0.717, 1.165) is 33.7 Å². The summed E-state index contributed by atoms with van der Waals surface area (Å²) >= 11 is 0. The van der Waals surface area contributed by atoms with Crippen LogP contribution in [0.5, 0.6) is 0 Å². The zero-order valence-electron chi connectivity index (χ0n) is 12.5. The van der Waals surface area contributed by atoms with Gasteiger partial charge in [-0.1, -0.05) is 18.2 Å². The normalized spacial score (nSPS) is 11.3. The highest BCUT2D eigenvalue weighted by Gasteiger charge is 2.11. The maximum absolute atomic E-state index is 12.4. The number of aromatic nitrogens is 3. The maximum Gasteiger partial charge on any atom is 0.256 e. The molecule has 0 amide bonds. The zero-order chi connectivity index (χ0) is 15.8. The van der Waals surface area contributed by atoms with Crippen molar-refractivity contribution in [3.63, 3.8) is 0 Å². The van der Waals surface area contributed by atoms with E-state index < -0.39 is 0 Å². The molecule has 0 saturated carbocycles. The molecule has 0 fully saturated rings. The Morgan fingerprint density at radius 1 is 1.09 bits per heavy atom. The van der Waals surface area contributed by atoms with Crippen LogP contribution in [-0.4, -0.2) is 21.7 Å². The third-order valence-corrected chi connectivity index (χ3v) is 4.20. The first-order valence-electron chi connectivity index (χ1n) is 7.54. The summed E-state index contributed by atoms with van der Waals surface area (Å²) in [5.41, 5.74) is 8.87. The molecule has 0 aliphatic carbocycles. The first kappa shape index (κ1) is 13.7. The number of fused-ring (bicyclic) bond motifs is 3. The van der Waals surface area contributed by atoms with Gasteiger partial charge in [-0.05, 0) is 52.4 Å². The van der Waals surface area contributed by atoms with E-state index >= 15 is 0 Å². The maximum atomic E-state index is 12.4. The van der Waals surface area contributed by atoms with Gasteiger partial charge in [-0.15, -0.1) is 0 Å². The molecule has 5 nitrogen and oxygen atoms in total. The van der Waals surface area contributed by atoms with Gasteiger partial charge in [0.15, 0.2) is 0 Å². The molecule has 4 N–H and O–H groups in total. The minimum absolute atomic E-state index is 0.0730. The number of H-pyrrole nitrogens is 2. The summed E-state index contributed by atoms with van der Waals surface area (Å²) in [7, 11) is 0. The van der Waals surface area contributed by atoms with Crippen LogP contribution in [0.1, 0.15) is 5.56 Å². The number of rotatable bonds is 3. The van der Waals surface area contributed by atoms with Crippen LogP contribution in [0.15, 0.2) is 53.7 Å². The fraction of sp³-hybridized carbons (Fsp3) is 0.111. The van der Waals surface area contributed by atoms with E-state index in [1.54, 1.807) is 12.4 Å². The largest absolute Gasteiger partial charge is 0.330 e. The van der Waals surface area contributed by atoms with E-state index in [0.29, 0.717) is 11.9 Å². The quantitative estimate of drug-likeness (QED) is 0.508. The molecule has 4 aromatic rings. The highest BCUT2D eigenvalue weighted by atomic mass is 16.1. The Kier molecular flexibility index (Phi) is 3.20. The average Bonchev–Trinajstić information content (AvgIpc) is 3.09. The lowest BCUT2D eigenvalue weighted by Gasteiger charge is -2.11. The molecule has 23 heavy (non-hydrogen) atoms. The van der Waals surface area contributed by atoms with Crippen LogP contribution in [0.25, 0.3) is 32.7 Å². The van der Waals surface area contributed by atoms with Crippen molar-refractivity contribution in [3.8, 4) is 11.1 Å². The van der Waals surface area contributed by atoms with Crippen LogP contribution in [0.3, 0.4) is 0 Å². The zero-order valence-corrected chi connectivity index (χ0v) is 12.5. The van der Waals surface area contributed by atoms with E-state index in [1.165, 1.54) is 5.56 Å². The topological polar surface area (TPSA) is 87.6 Å². The summed E-state index contributed by atoms with van der Waals surface area (Å²) in [4.78, 5) is 15.1. The molecular weight excluding hydrogens is 288 g/mol. The number of aromatic amines is 2. The van der Waals surface area contributed by atoms with Gasteiger partial charge in [0.05, 0.1) is 11.6 Å². The Labute approximate surface area is 132 Å². The third kappa shape index (κ3) is 2.22. The Morgan fingerprint density at radius 3 is 2.78 bits per heavy atom. The summed E-state index contributed by atoms with van der Waals surface area (Å²) < 4.78 is 0. The van der Waals surface area contributed by atoms with E-state index in [9.17, 15) is 4.79 Å². The van der Waals surface area contributed by atoms with Gasteiger partial charge in [0.2, 0.25) is 0 Å². The van der Waals surface area contributed by atoms with Crippen molar-refractivity contribution in [1.82, 2.24) is 15.2 Å². The Morgan fingerprint density at radius 2 is 2.00 bits per heavy atom. The van der Waals surface area contributed by atoms with Crippen LogP contribution >= 0.6 is 0 Å².